The molecule has 1 N–H and O–H groups in total. The molecule has 0 fully saturated rings. The lowest BCUT2D eigenvalue weighted by Crippen LogP contribution is -1.99. The van der Waals surface area contributed by atoms with Crippen molar-refractivity contribution in [2.45, 2.75) is 6.92 Å². The van der Waals surface area contributed by atoms with Gasteiger partial charge in [-0.05, 0) is 28.9 Å². The molecule has 0 unspecified atom stereocenters. The van der Waals surface area contributed by atoms with Gasteiger partial charge < -0.3 is 9.84 Å². The van der Waals surface area contributed by atoms with Gasteiger partial charge in [0.1, 0.15) is 5.75 Å². The van der Waals surface area contributed by atoms with Gasteiger partial charge in [-0.3, -0.25) is 0 Å². The summed E-state index contributed by atoms with van der Waals surface area (Å²) in [5.74, 6) is -0.513. The number of hydrogen-bond acceptors (Lipinski definition) is 2. The minimum atomic E-state index is -1.06. The third kappa shape index (κ3) is 2.39. The topological polar surface area (TPSA) is 46.5 Å². The van der Waals surface area contributed by atoms with Gasteiger partial charge in [0, 0.05) is 6.07 Å². The first kappa shape index (κ1) is 11.3. The highest BCUT2D eigenvalue weighted by molar-refractivity contribution is 9.10. The van der Waals surface area contributed by atoms with E-state index in [-0.39, 0.29) is 10.6 Å². The molecule has 1 rings (SSSR count). The number of carbonyl (C=O) groups is 1. The van der Waals surface area contributed by atoms with Crippen molar-refractivity contribution < 1.29 is 14.6 Å². The van der Waals surface area contributed by atoms with Gasteiger partial charge in [-0.25, -0.2) is 4.79 Å². The van der Waals surface area contributed by atoms with Gasteiger partial charge in [0.05, 0.1) is 21.7 Å². The zero-order chi connectivity index (χ0) is 10.7. The number of benzene rings is 1. The first-order valence-electron chi connectivity index (χ1n) is 3.91. The summed E-state index contributed by atoms with van der Waals surface area (Å²) in [6, 6.07) is 2.91. The molecule has 0 atom stereocenters. The van der Waals surface area contributed by atoms with Gasteiger partial charge >= 0.3 is 5.97 Å². The Hall–Kier alpha value is -0.740. The Kier molecular flexibility index (Phi) is 3.77. The van der Waals surface area contributed by atoms with Gasteiger partial charge in [-0.1, -0.05) is 11.6 Å². The van der Waals surface area contributed by atoms with E-state index in [9.17, 15) is 4.79 Å². The molecule has 0 aromatic heterocycles. The molecule has 0 radical (unpaired) electrons. The van der Waals surface area contributed by atoms with Crippen LogP contribution in [0.1, 0.15) is 17.3 Å². The van der Waals surface area contributed by atoms with Crippen molar-refractivity contribution in [3.63, 3.8) is 0 Å². The van der Waals surface area contributed by atoms with Gasteiger partial charge in [0.2, 0.25) is 0 Å². The summed E-state index contributed by atoms with van der Waals surface area (Å²) in [6.45, 7) is 2.34. The minimum Gasteiger partial charge on any atom is -0.493 e. The molecule has 0 bridgehead atoms. The van der Waals surface area contributed by atoms with Gasteiger partial charge in [-0.2, -0.15) is 0 Å². The van der Waals surface area contributed by atoms with Crippen molar-refractivity contribution in [3.05, 3.63) is 27.2 Å². The molecular formula is C9H8BrClO3. The minimum absolute atomic E-state index is 0.0574. The zero-order valence-electron chi connectivity index (χ0n) is 7.38. The molecule has 0 aliphatic rings. The standard InChI is InChI=1S/C9H8BrClO3/c1-2-14-8-4-7(11)5(9(12)13)3-6(8)10/h3-4H,2H2,1H3,(H,12,13). The number of rotatable bonds is 3. The molecule has 0 amide bonds. The third-order valence-corrected chi connectivity index (χ3v) is 2.48. The predicted octanol–water partition coefficient (Wildman–Crippen LogP) is 3.20. The number of hydrogen-bond donors (Lipinski definition) is 1. The fraction of sp³-hybridized carbons (Fsp3) is 0.222. The van der Waals surface area contributed by atoms with E-state index < -0.39 is 5.97 Å². The number of carboxylic acids is 1. The number of halogens is 2. The smallest absolute Gasteiger partial charge is 0.337 e. The molecule has 1 aromatic carbocycles. The van der Waals surface area contributed by atoms with Gasteiger partial charge in [0.25, 0.3) is 0 Å². The molecule has 14 heavy (non-hydrogen) atoms. The Bertz CT molecular complexity index is 365. The molecule has 3 nitrogen and oxygen atoms in total. The van der Waals surface area contributed by atoms with Crippen molar-refractivity contribution in [3.8, 4) is 5.75 Å². The second-order valence-corrected chi connectivity index (χ2v) is 3.76. The molecule has 0 aliphatic heterocycles. The van der Waals surface area contributed by atoms with E-state index in [0.29, 0.717) is 16.8 Å². The van der Waals surface area contributed by atoms with Crippen LogP contribution < -0.4 is 4.74 Å². The third-order valence-electron chi connectivity index (χ3n) is 1.55. The largest absolute Gasteiger partial charge is 0.493 e. The Balaban J connectivity index is 3.17. The predicted molar refractivity (Wildman–Crippen MR) is 57.3 cm³/mol. The summed E-state index contributed by atoms with van der Waals surface area (Å²) in [5, 5.41) is 8.94. The van der Waals surface area contributed by atoms with Crippen LogP contribution >= 0.6 is 27.5 Å². The van der Waals surface area contributed by atoms with Crippen LogP contribution in [0.15, 0.2) is 16.6 Å². The molecular weight excluding hydrogens is 271 g/mol. The van der Waals surface area contributed by atoms with Gasteiger partial charge in [0.15, 0.2) is 0 Å². The quantitative estimate of drug-likeness (QED) is 0.924. The first-order chi connectivity index (χ1) is 6.56. The van der Waals surface area contributed by atoms with E-state index in [2.05, 4.69) is 15.9 Å². The van der Waals surface area contributed by atoms with Crippen LogP contribution in [0.3, 0.4) is 0 Å². The molecule has 0 spiro atoms. The summed E-state index contributed by atoms with van der Waals surface area (Å²) < 4.78 is 5.81. The summed E-state index contributed by atoms with van der Waals surface area (Å²) in [4.78, 5) is 10.7. The average molecular weight is 280 g/mol. The molecule has 0 saturated carbocycles. The highest BCUT2D eigenvalue weighted by Gasteiger charge is 2.12. The Morgan fingerprint density at radius 1 is 1.64 bits per heavy atom. The summed E-state index contributed by atoms with van der Waals surface area (Å²) in [7, 11) is 0. The number of aromatic carboxylic acids is 1. The van der Waals surface area contributed by atoms with Crippen molar-refractivity contribution in [2.75, 3.05) is 6.61 Å². The van der Waals surface area contributed by atoms with E-state index in [1.54, 1.807) is 0 Å². The molecule has 5 heteroatoms. The average Bonchev–Trinajstić information content (AvgIpc) is 2.10. The van der Waals surface area contributed by atoms with Crippen LogP contribution in [0, 0.1) is 0 Å². The molecule has 0 heterocycles. The van der Waals surface area contributed by atoms with E-state index in [0.717, 1.165) is 0 Å². The van der Waals surface area contributed by atoms with E-state index in [4.69, 9.17) is 21.4 Å². The molecule has 0 aliphatic carbocycles. The highest BCUT2D eigenvalue weighted by Crippen LogP contribution is 2.31. The van der Waals surface area contributed by atoms with Crippen molar-refractivity contribution in [2.24, 2.45) is 0 Å². The Labute approximate surface area is 94.8 Å². The summed E-state index contributed by atoms with van der Waals surface area (Å²) in [5.41, 5.74) is 0.0574. The lowest BCUT2D eigenvalue weighted by Gasteiger charge is -2.07. The van der Waals surface area contributed by atoms with Crippen LogP contribution in [-0.2, 0) is 0 Å². The number of carboxylic acid groups (broad SMARTS) is 1. The summed E-state index contributed by atoms with van der Waals surface area (Å²) >= 11 is 8.95. The van der Waals surface area contributed by atoms with Crippen molar-refractivity contribution >= 4 is 33.5 Å². The highest BCUT2D eigenvalue weighted by atomic mass is 79.9. The zero-order valence-corrected chi connectivity index (χ0v) is 9.72. The van der Waals surface area contributed by atoms with Gasteiger partial charge in [-0.15, -0.1) is 0 Å². The van der Waals surface area contributed by atoms with Crippen LogP contribution in [0.4, 0.5) is 0 Å². The van der Waals surface area contributed by atoms with E-state index in [1.807, 2.05) is 6.92 Å². The SMILES string of the molecule is CCOc1cc(Cl)c(C(=O)O)cc1Br. The second-order valence-electron chi connectivity index (χ2n) is 2.50. The second kappa shape index (κ2) is 4.66. The normalized spacial score (nSPS) is 9.93. The lowest BCUT2D eigenvalue weighted by molar-refractivity contribution is 0.0697. The Morgan fingerprint density at radius 3 is 2.79 bits per heavy atom. The molecule has 76 valence electrons. The van der Waals surface area contributed by atoms with Crippen LogP contribution in [0.25, 0.3) is 0 Å². The molecule has 0 saturated heterocycles. The maximum atomic E-state index is 10.7. The Morgan fingerprint density at radius 2 is 2.29 bits per heavy atom. The lowest BCUT2D eigenvalue weighted by atomic mass is 10.2. The number of ether oxygens (including phenoxy) is 1. The van der Waals surface area contributed by atoms with E-state index in [1.165, 1.54) is 12.1 Å². The van der Waals surface area contributed by atoms with Crippen LogP contribution in [0.2, 0.25) is 5.02 Å². The summed E-state index contributed by atoms with van der Waals surface area (Å²) in [6.07, 6.45) is 0. The first-order valence-corrected chi connectivity index (χ1v) is 5.08. The maximum Gasteiger partial charge on any atom is 0.337 e. The maximum absolute atomic E-state index is 10.7. The van der Waals surface area contributed by atoms with E-state index >= 15 is 0 Å². The van der Waals surface area contributed by atoms with Crippen LogP contribution in [0.5, 0.6) is 5.75 Å². The monoisotopic (exact) mass is 278 g/mol. The fourth-order valence-electron chi connectivity index (χ4n) is 0.959. The van der Waals surface area contributed by atoms with Crippen LogP contribution in [-0.4, -0.2) is 17.7 Å². The molecule has 1 aromatic rings. The van der Waals surface area contributed by atoms with Crippen molar-refractivity contribution in [1.82, 2.24) is 0 Å². The van der Waals surface area contributed by atoms with Crippen molar-refractivity contribution in [1.29, 1.82) is 0 Å². The fourth-order valence-corrected chi connectivity index (χ4v) is 1.65.